The van der Waals surface area contributed by atoms with Crippen LogP contribution in [0.5, 0.6) is 0 Å². The molecule has 0 aromatic heterocycles. The first-order valence-corrected chi connectivity index (χ1v) is 10.7. The molecule has 5 heteroatoms. The van der Waals surface area contributed by atoms with Crippen LogP contribution < -0.4 is 10.6 Å². The zero-order valence-electron chi connectivity index (χ0n) is 16.7. The highest BCUT2D eigenvalue weighted by Crippen LogP contribution is 2.11. The minimum atomic E-state index is 0.582. The maximum Gasteiger partial charge on any atom is 0.191 e. The van der Waals surface area contributed by atoms with E-state index in [-0.39, 0.29) is 0 Å². The van der Waals surface area contributed by atoms with Crippen LogP contribution in [0, 0.1) is 0 Å². The van der Waals surface area contributed by atoms with Crippen LogP contribution in [0.1, 0.15) is 64.7 Å². The smallest absolute Gasteiger partial charge is 0.191 e. The summed E-state index contributed by atoms with van der Waals surface area (Å²) in [6.07, 6.45) is 11.9. The Labute approximate surface area is 155 Å². The monoisotopic (exact) mass is 351 g/mol. The molecular formula is C20H41N5. The largest absolute Gasteiger partial charge is 0.356 e. The summed E-state index contributed by atoms with van der Waals surface area (Å²) in [6.45, 7) is 10.9. The molecule has 0 unspecified atom stereocenters. The SMILES string of the molecule is CCCN1CCC(NC(=NC)NCCCCCN2CCCCC2)CC1. The molecule has 2 saturated heterocycles. The Bertz CT molecular complexity index is 357. The van der Waals surface area contributed by atoms with Crippen LogP contribution in [0.15, 0.2) is 4.99 Å². The highest BCUT2D eigenvalue weighted by molar-refractivity contribution is 5.79. The number of aliphatic imine (C=N–C) groups is 1. The lowest BCUT2D eigenvalue weighted by Gasteiger charge is -2.32. The van der Waals surface area contributed by atoms with Gasteiger partial charge in [0.2, 0.25) is 0 Å². The van der Waals surface area contributed by atoms with E-state index >= 15 is 0 Å². The molecule has 2 fully saturated rings. The molecule has 0 aromatic carbocycles. The number of guanidine groups is 1. The normalized spacial score (nSPS) is 21.4. The van der Waals surface area contributed by atoms with Gasteiger partial charge in [-0.15, -0.1) is 0 Å². The van der Waals surface area contributed by atoms with Crippen LogP contribution in [0.4, 0.5) is 0 Å². The second-order valence-corrected chi connectivity index (χ2v) is 7.72. The van der Waals surface area contributed by atoms with Crippen molar-refractivity contribution in [2.45, 2.75) is 70.8 Å². The molecule has 0 radical (unpaired) electrons. The van der Waals surface area contributed by atoms with Gasteiger partial charge in [0.15, 0.2) is 5.96 Å². The molecular weight excluding hydrogens is 310 g/mol. The van der Waals surface area contributed by atoms with Crippen LogP contribution in [0.25, 0.3) is 0 Å². The Morgan fingerprint density at radius 1 is 0.920 bits per heavy atom. The molecule has 2 N–H and O–H groups in total. The molecule has 2 aliphatic heterocycles. The Hall–Kier alpha value is -0.810. The zero-order chi connectivity index (χ0) is 17.7. The minimum Gasteiger partial charge on any atom is -0.356 e. The van der Waals surface area contributed by atoms with Crippen molar-refractivity contribution >= 4 is 5.96 Å². The number of piperidine rings is 2. The van der Waals surface area contributed by atoms with Gasteiger partial charge in [-0.25, -0.2) is 0 Å². The van der Waals surface area contributed by atoms with E-state index in [1.807, 2.05) is 7.05 Å². The van der Waals surface area contributed by atoms with Gasteiger partial charge in [-0.2, -0.15) is 0 Å². The van der Waals surface area contributed by atoms with E-state index in [9.17, 15) is 0 Å². The van der Waals surface area contributed by atoms with Crippen molar-refractivity contribution in [3.63, 3.8) is 0 Å². The summed E-state index contributed by atoms with van der Waals surface area (Å²) in [6, 6.07) is 0.582. The molecule has 146 valence electrons. The van der Waals surface area contributed by atoms with Crippen LogP contribution in [-0.2, 0) is 0 Å². The Morgan fingerprint density at radius 3 is 2.32 bits per heavy atom. The number of unbranched alkanes of at least 4 members (excludes halogenated alkanes) is 2. The van der Waals surface area contributed by atoms with Crippen LogP contribution in [0.2, 0.25) is 0 Å². The van der Waals surface area contributed by atoms with Crippen LogP contribution in [-0.4, -0.2) is 74.7 Å². The summed E-state index contributed by atoms with van der Waals surface area (Å²) in [7, 11) is 1.89. The summed E-state index contributed by atoms with van der Waals surface area (Å²) in [5.41, 5.74) is 0. The molecule has 5 nitrogen and oxygen atoms in total. The summed E-state index contributed by atoms with van der Waals surface area (Å²) >= 11 is 0. The van der Waals surface area contributed by atoms with E-state index in [0.717, 1.165) is 12.5 Å². The molecule has 0 atom stereocenters. The van der Waals surface area contributed by atoms with E-state index in [4.69, 9.17) is 0 Å². The van der Waals surface area contributed by atoms with Crippen molar-refractivity contribution in [1.29, 1.82) is 0 Å². The van der Waals surface area contributed by atoms with Gasteiger partial charge in [-0.05, 0) is 71.1 Å². The number of rotatable bonds is 9. The molecule has 2 rings (SSSR count). The summed E-state index contributed by atoms with van der Waals surface area (Å²) < 4.78 is 0. The molecule has 25 heavy (non-hydrogen) atoms. The van der Waals surface area contributed by atoms with Gasteiger partial charge < -0.3 is 20.4 Å². The first kappa shape index (κ1) is 20.5. The second kappa shape index (κ2) is 12.5. The summed E-state index contributed by atoms with van der Waals surface area (Å²) in [5, 5.41) is 7.12. The fourth-order valence-electron chi connectivity index (χ4n) is 4.03. The van der Waals surface area contributed by atoms with E-state index in [1.165, 1.54) is 97.1 Å². The minimum absolute atomic E-state index is 0.582. The predicted molar refractivity (Wildman–Crippen MR) is 108 cm³/mol. The van der Waals surface area contributed by atoms with Crippen molar-refractivity contribution in [2.24, 2.45) is 4.99 Å². The third-order valence-electron chi connectivity index (χ3n) is 5.58. The lowest BCUT2D eigenvalue weighted by Crippen LogP contribution is -2.48. The molecule has 0 saturated carbocycles. The highest BCUT2D eigenvalue weighted by Gasteiger charge is 2.19. The van der Waals surface area contributed by atoms with Crippen LogP contribution in [0.3, 0.4) is 0 Å². The van der Waals surface area contributed by atoms with Crippen molar-refractivity contribution < 1.29 is 0 Å². The molecule has 0 aromatic rings. The van der Waals surface area contributed by atoms with Gasteiger partial charge in [-0.3, -0.25) is 4.99 Å². The molecule has 0 aliphatic carbocycles. The third kappa shape index (κ3) is 8.41. The van der Waals surface area contributed by atoms with E-state index < -0.39 is 0 Å². The molecule has 0 spiro atoms. The molecule has 2 aliphatic rings. The maximum absolute atomic E-state index is 4.40. The fourth-order valence-corrected chi connectivity index (χ4v) is 4.03. The highest BCUT2D eigenvalue weighted by atomic mass is 15.2. The average Bonchev–Trinajstić information content (AvgIpc) is 2.66. The van der Waals surface area contributed by atoms with Gasteiger partial charge in [-0.1, -0.05) is 19.8 Å². The number of nitrogens with zero attached hydrogens (tertiary/aromatic N) is 3. The van der Waals surface area contributed by atoms with Crippen molar-refractivity contribution in [3.05, 3.63) is 0 Å². The molecule has 0 bridgehead atoms. The predicted octanol–water partition coefficient (Wildman–Crippen LogP) is 2.68. The average molecular weight is 352 g/mol. The van der Waals surface area contributed by atoms with Crippen LogP contribution >= 0.6 is 0 Å². The Kier molecular flexibility index (Phi) is 10.3. The second-order valence-electron chi connectivity index (χ2n) is 7.72. The van der Waals surface area contributed by atoms with Gasteiger partial charge >= 0.3 is 0 Å². The zero-order valence-corrected chi connectivity index (χ0v) is 16.7. The van der Waals surface area contributed by atoms with E-state index in [1.54, 1.807) is 0 Å². The van der Waals surface area contributed by atoms with Gasteiger partial charge in [0.25, 0.3) is 0 Å². The molecule has 2 heterocycles. The Balaban J connectivity index is 1.49. The van der Waals surface area contributed by atoms with Crippen molar-refractivity contribution in [1.82, 2.24) is 20.4 Å². The first-order valence-electron chi connectivity index (χ1n) is 10.7. The van der Waals surface area contributed by atoms with Crippen molar-refractivity contribution in [3.8, 4) is 0 Å². The van der Waals surface area contributed by atoms with E-state index in [0.29, 0.717) is 6.04 Å². The number of hydrogen-bond donors (Lipinski definition) is 2. The third-order valence-corrected chi connectivity index (χ3v) is 5.58. The van der Waals surface area contributed by atoms with Gasteiger partial charge in [0, 0.05) is 32.7 Å². The summed E-state index contributed by atoms with van der Waals surface area (Å²) in [5.74, 6) is 0.991. The maximum atomic E-state index is 4.40. The van der Waals surface area contributed by atoms with E-state index in [2.05, 4.69) is 32.3 Å². The van der Waals surface area contributed by atoms with Gasteiger partial charge in [0.1, 0.15) is 0 Å². The van der Waals surface area contributed by atoms with Gasteiger partial charge in [0.05, 0.1) is 0 Å². The van der Waals surface area contributed by atoms with Crippen molar-refractivity contribution in [2.75, 3.05) is 52.9 Å². The lowest BCUT2D eigenvalue weighted by molar-refractivity contribution is 0.206. The number of likely N-dealkylation sites (tertiary alicyclic amines) is 2. The first-order chi connectivity index (χ1) is 12.3. The topological polar surface area (TPSA) is 42.9 Å². The quantitative estimate of drug-likeness (QED) is 0.381. The number of hydrogen-bond acceptors (Lipinski definition) is 3. The summed E-state index contributed by atoms with van der Waals surface area (Å²) in [4.78, 5) is 9.62. The number of nitrogens with one attached hydrogen (secondary N) is 2. The fraction of sp³-hybridized carbons (Fsp3) is 0.950. The lowest BCUT2D eigenvalue weighted by atomic mass is 10.1. The Morgan fingerprint density at radius 2 is 1.64 bits per heavy atom. The standard InChI is InChI=1S/C20H41N5/c1-3-13-24-17-10-19(11-18-24)23-20(21-2)22-12-6-4-7-14-25-15-8-5-9-16-25/h19H,3-18H2,1-2H3,(H2,21,22,23). The molecule has 0 amide bonds.